The Bertz CT molecular complexity index is 248. The molecule has 13 heavy (non-hydrogen) atoms. The largest absolute Gasteiger partial charge is 0.316 e. The number of sulfone groups is 1. The summed E-state index contributed by atoms with van der Waals surface area (Å²) in [6, 6.07) is 0. The van der Waals surface area contributed by atoms with Crippen LogP contribution in [0.5, 0.6) is 0 Å². The first-order valence-electron chi connectivity index (χ1n) is 4.87. The molecule has 0 spiro atoms. The Hall–Kier alpha value is -0.0900. The Morgan fingerprint density at radius 3 is 2.54 bits per heavy atom. The molecule has 1 N–H and O–H groups in total. The summed E-state index contributed by atoms with van der Waals surface area (Å²) >= 11 is 0. The molecule has 4 heteroatoms. The first-order valence-corrected chi connectivity index (χ1v) is 6.93. The molecule has 0 amide bonds. The van der Waals surface area contributed by atoms with Crippen molar-refractivity contribution in [3.8, 4) is 0 Å². The fourth-order valence-electron chi connectivity index (χ4n) is 1.43. The zero-order valence-corrected chi connectivity index (χ0v) is 9.23. The highest BCUT2D eigenvalue weighted by molar-refractivity contribution is 7.90. The molecular formula is C9H19NO2S. The Labute approximate surface area is 80.8 Å². The van der Waals surface area contributed by atoms with E-state index in [9.17, 15) is 8.42 Å². The van der Waals surface area contributed by atoms with E-state index in [0.717, 1.165) is 31.3 Å². The van der Waals surface area contributed by atoms with Crippen LogP contribution in [-0.4, -0.2) is 33.5 Å². The third-order valence-electron chi connectivity index (χ3n) is 2.55. The van der Waals surface area contributed by atoms with Gasteiger partial charge in [-0.2, -0.15) is 0 Å². The summed E-state index contributed by atoms with van der Waals surface area (Å²) in [6.45, 7) is 4.14. The lowest BCUT2D eigenvalue weighted by atomic mass is 10.3. The molecule has 2 atom stereocenters. The molecule has 0 aromatic rings. The Morgan fingerprint density at radius 2 is 2.08 bits per heavy atom. The molecule has 0 heterocycles. The van der Waals surface area contributed by atoms with Gasteiger partial charge in [0.15, 0.2) is 0 Å². The first-order chi connectivity index (χ1) is 5.99. The highest BCUT2D eigenvalue weighted by Gasteiger charge is 2.31. The zero-order valence-electron chi connectivity index (χ0n) is 8.41. The van der Waals surface area contributed by atoms with E-state index in [4.69, 9.17) is 0 Å². The van der Waals surface area contributed by atoms with E-state index in [1.807, 2.05) is 0 Å². The number of rotatable bonds is 6. The summed E-state index contributed by atoms with van der Waals surface area (Å²) in [5.74, 6) is 2.03. The third-order valence-corrected chi connectivity index (χ3v) is 3.58. The van der Waals surface area contributed by atoms with Crippen molar-refractivity contribution < 1.29 is 8.42 Å². The maximum atomic E-state index is 10.8. The molecular weight excluding hydrogens is 186 g/mol. The standard InChI is InChI=1S/C9H19NO2S/c1-8-6-9(8)7-10-4-3-5-13(2,11)12/h8-10H,3-7H2,1-2H3. The molecule has 0 saturated heterocycles. The summed E-state index contributed by atoms with van der Waals surface area (Å²) in [6.07, 6.45) is 3.36. The second-order valence-corrected chi connectivity index (χ2v) is 6.42. The molecule has 1 fully saturated rings. The van der Waals surface area contributed by atoms with Gasteiger partial charge in [-0.25, -0.2) is 8.42 Å². The van der Waals surface area contributed by atoms with Crippen LogP contribution in [-0.2, 0) is 9.84 Å². The molecule has 1 saturated carbocycles. The normalized spacial score (nSPS) is 27.5. The fourth-order valence-corrected chi connectivity index (χ4v) is 2.10. The summed E-state index contributed by atoms with van der Waals surface area (Å²) < 4.78 is 21.5. The SMILES string of the molecule is CC1CC1CNCCCS(C)(=O)=O. The summed E-state index contributed by atoms with van der Waals surface area (Å²) in [7, 11) is -2.76. The minimum Gasteiger partial charge on any atom is -0.316 e. The van der Waals surface area contributed by atoms with Gasteiger partial charge in [0.2, 0.25) is 0 Å². The van der Waals surface area contributed by atoms with Crippen molar-refractivity contribution in [2.45, 2.75) is 19.8 Å². The van der Waals surface area contributed by atoms with Gasteiger partial charge >= 0.3 is 0 Å². The van der Waals surface area contributed by atoms with E-state index in [2.05, 4.69) is 12.2 Å². The van der Waals surface area contributed by atoms with Gasteiger partial charge in [-0.15, -0.1) is 0 Å². The van der Waals surface area contributed by atoms with E-state index in [1.54, 1.807) is 0 Å². The minimum absolute atomic E-state index is 0.306. The van der Waals surface area contributed by atoms with E-state index in [-0.39, 0.29) is 0 Å². The van der Waals surface area contributed by atoms with Crippen molar-refractivity contribution in [3.05, 3.63) is 0 Å². The van der Waals surface area contributed by atoms with E-state index >= 15 is 0 Å². The summed E-state index contributed by atoms with van der Waals surface area (Å²) in [5.41, 5.74) is 0. The molecule has 2 unspecified atom stereocenters. The van der Waals surface area contributed by atoms with Crippen LogP contribution in [0.4, 0.5) is 0 Å². The van der Waals surface area contributed by atoms with Crippen LogP contribution in [0.15, 0.2) is 0 Å². The molecule has 1 aliphatic carbocycles. The number of hydrogen-bond donors (Lipinski definition) is 1. The summed E-state index contributed by atoms with van der Waals surface area (Å²) in [4.78, 5) is 0. The minimum atomic E-state index is -2.76. The molecule has 1 rings (SSSR count). The van der Waals surface area contributed by atoms with Gasteiger partial charge in [-0.05, 0) is 37.8 Å². The predicted octanol–water partition coefficient (Wildman–Crippen LogP) is 0.667. The first kappa shape index (κ1) is 11.0. The maximum Gasteiger partial charge on any atom is 0.147 e. The zero-order chi connectivity index (χ0) is 9.90. The molecule has 0 aromatic carbocycles. The van der Waals surface area contributed by atoms with Gasteiger partial charge in [0.05, 0.1) is 5.75 Å². The average molecular weight is 205 g/mol. The average Bonchev–Trinajstić information content (AvgIpc) is 2.63. The second-order valence-electron chi connectivity index (χ2n) is 4.16. The van der Waals surface area contributed by atoms with Crippen LogP contribution >= 0.6 is 0 Å². The Morgan fingerprint density at radius 1 is 1.46 bits per heavy atom. The quantitative estimate of drug-likeness (QED) is 0.648. The highest BCUT2D eigenvalue weighted by atomic mass is 32.2. The molecule has 1 aliphatic rings. The molecule has 0 radical (unpaired) electrons. The van der Waals surface area contributed by atoms with Crippen molar-refractivity contribution in [3.63, 3.8) is 0 Å². The smallest absolute Gasteiger partial charge is 0.147 e. The van der Waals surface area contributed by atoms with Crippen LogP contribution in [0.2, 0.25) is 0 Å². The lowest BCUT2D eigenvalue weighted by Gasteiger charge is -2.02. The maximum absolute atomic E-state index is 10.8. The molecule has 3 nitrogen and oxygen atoms in total. The number of hydrogen-bond acceptors (Lipinski definition) is 3. The van der Waals surface area contributed by atoms with Crippen LogP contribution in [0, 0.1) is 11.8 Å². The van der Waals surface area contributed by atoms with Crippen LogP contribution < -0.4 is 5.32 Å². The Balaban J connectivity index is 1.90. The topological polar surface area (TPSA) is 46.2 Å². The lowest BCUT2D eigenvalue weighted by Crippen LogP contribution is -2.20. The lowest BCUT2D eigenvalue weighted by molar-refractivity contribution is 0.584. The van der Waals surface area contributed by atoms with Gasteiger partial charge in [0.25, 0.3) is 0 Å². The van der Waals surface area contributed by atoms with Gasteiger partial charge < -0.3 is 5.32 Å². The van der Waals surface area contributed by atoms with Crippen molar-refractivity contribution >= 4 is 9.84 Å². The van der Waals surface area contributed by atoms with Crippen molar-refractivity contribution in [2.75, 3.05) is 25.1 Å². The van der Waals surface area contributed by atoms with Gasteiger partial charge in [-0.3, -0.25) is 0 Å². The van der Waals surface area contributed by atoms with Gasteiger partial charge in [0.1, 0.15) is 9.84 Å². The van der Waals surface area contributed by atoms with E-state index < -0.39 is 9.84 Å². The fraction of sp³-hybridized carbons (Fsp3) is 1.00. The number of nitrogens with one attached hydrogen (secondary N) is 1. The van der Waals surface area contributed by atoms with Crippen molar-refractivity contribution in [2.24, 2.45) is 11.8 Å². The van der Waals surface area contributed by atoms with E-state index in [1.165, 1.54) is 12.7 Å². The van der Waals surface area contributed by atoms with Crippen LogP contribution in [0.1, 0.15) is 19.8 Å². The van der Waals surface area contributed by atoms with Crippen molar-refractivity contribution in [1.82, 2.24) is 5.32 Å². The second kappa shape index (κ2) is 4.42. The Kier molecular flexibility index (Phi) is 3.74. The molecule has 0 aliphatic heterocycles. The van der Waals surface area contributed by atoms with Crippen LogP contribution in [0.3, 0.4) is 0 Å². The third kappa shape index (κ3) is 5.26. The van der Waals surface area contributed by atoms with Gasteiger partial charge in [0, 0.05) is 6.26 Å². The van der Waals surface area contributed by atoms with Crippen molar-refractivity contribution in [1.29, 1.82) is 0 Å². The monoisotopic (exact) mass is 205 g/mol. The molecule has 0 bridgehead atoms. The predicted molar refractivity (Wildman–Crippen MR) is 54.5 cm³/mol. The molecule has 78 valence electrons. The summed E-state index contributed by atoms with van der Waals surface area (Å²) in [5, 5.41) is 3.29. The van der Waals surface area contributed by atoms with Gasteiger partial charge in [-0.1, -0.05) is 6.92 Å². The highest BCUT2D eigenvalue weighted by Crippen LogP contribution is 2.36. The van der Waals surface area contributed by atoms with E-state index in [0.29, 0.717) is 5.75 Å². The van der Waals surface area contributed by atoms with Crippen LogP contribution in [0.25, 0.3) is 0 Å². The molecule has 0 aromatic heterocycles.